The van der Waals surface area contributed by atoms with Crippen molar-refractivity contribution in [2.24, 2.45) is 0 Å². The zero-order valence-corrected chi connectivity index (χ0v) is 10.5. The summed E-state index contributed by atoms with van der Waals surface area (Å²) in [6, 6.07) is 5.60. The number of halogens is 1. The molecule has 1 aromatic rings. The smallest absolute Gasteiger partial charge is 0.421 e. The molecule has 1 aromatic carbocycles. The molecule has 0 saturated carbocycles. The van der Waals surface area contributed by atoms with Crippen LogP contribution in [-0.2, 0) is 32.2 Å². The maximum Gasteiger partial charge on any atom is 0.461 e. The molecule has 96 valence electrons. The summed E-state index contributed by atoms with van der Waals surface area (Å²) in [5.74, 6) is 0.602. The van der Waals surface area contributed by atoms with E-state index < -0.39 is 6.16 Å². The van der Waals surface area contributed by atoms with E-state index in [4.69, 9.17) is 30.5 Å². The summed E-state index contributed by atoms with van der Waals surface area (Å²) in [5.41, 5.74) is 1.99. The molecule has 1 fully saturated rings. The van der Waals surface area contributed by atoms with Crippen LogP contribution in [0.25, 0.3) is 0 Å². The van der Waals surface area contributed by atoms with Gasteiger partial charge < -0.3 is 4.74 Å². The van der Waals surface area contributed by atoms with Gasteiger partial charge in [-0.1, -0.05) is 24.2 Å². The molecule has 0 N–H and O–H groups in total. The number of ether oxygens (including phenoxy) is 4. The lowest BCUT2D eigenvalue weighted by Crippen LogP contribution is -2.43. The standard InChI is InChI=1S/C13H13ClO4/c1-9-4-5-15-13(18-9)16-7-10-2-3-12(14)6-11(10)8-17-13/h2-3,6H,1,4-5,7-8H2. The zero-order chi connectivity index (χ0) is 12.6. The summed E-state index contributed by atoms with van der Waals surface area (Å²) < 4.78 is 22.1. The van der Waals surface area contributed by atoms with Crippen molar-refractivity contribution in [2.75, 3.05) is 6.61 Å². The Labute approximate surface area is 110 Å². The SMILES string of the molecule is C=C1CCOC2(OCc3ccc(Cl)cc3CO2)O1. The van der Waals surface area contributed by atoms with E-state index in [0.29, 0.717) is 37.0 Å². The van der Waals surface area contributed by atoms with Crippen molar-refractivity contribution in [1.29, 1.82) is 0 Å². The average molecular weight is 269 g/mol. The molecule has 0 bridgehead atoms. The predicted molar refractivity (Wildman–Crippen MR) is 64.6 cm³/mol. The van der Waals surface area contributed by atoms with E-state index in [9.17, 15) is 0 Å². The first-order valence-corrected chi connectivity index (χ1v) is 6.11. The Morgan fingerprint density at radius 1 is 1.11 bits per heavy atom. The fourth-order valence-electron chi connectivity index (χ4n) is 1.93. The fraction of sp³-hybridized carbons (Fsp3) is 0.385. The van der Waals surface area contributed by atoms with Gasteiger partial charge >= 0.3 is 6.16 Å². The minimum absolute atomic E-state index is 0.323. The van der Waals surface area contributed by atoms with Crippen LogP contribution < -0.4 is 0 Å². The van der Waals surface area contributed by atoms with Gasteiger partial charge in [-0.25, -0.2) is 0 Å². The van der Waals surface area contributed by atoms with Crippen LogP contribution in [0.2, 0.25) is 5.02 Å². The highest BCUT2D eigenvalue weighted by molar-refractivity contribution is 6.30. The Balaban J connectivity index is 1.83. The fourth-order valence-corrected chi connectivity index (χ4v) is 2.13. The number of hydrogen-bond acceptors (Lipinski definition) is 4. The van der Waals surface area contributed by atoms with Gasteiger partial charge in [0.25, 0.3) is 0 Å². The third kappa shape index (κ3) is 2.24. The Bertz CT molecular complexity index is 488. The van der Waals surface area contributed by atoms with Crippen molar-refractivity contribution in [3.63, 3.8) is 0 Å². The molecule has 2 aliphatic heterocycles. The normalized spacial score (nSPS) is 27.5. The van der Waals surface area contributed by atoms with Crippen molar-refractivity contribution < 1.29 is 18.9 Å². The van der Waals surface area contributed by atoms with Crippen LogP contribution in [-0.4, -0.2) is 12.8 Å². The molecule has 4 nitrogen and oxygen atoms in total. The van der Waals surface area contributed by atoms with Crippen molar-refractivity contribution in [1.82, 2.24) is 0 Å². The summed E-state index contributed by atoms with van der Waals surface area (Å²) in [4.78, 5) is 0. The molecule has 18 heavy (non-hydrogen) atoms. The average Bonchev–Trinajstić information content (AvgIpc) is 2.50. The van der Waals surface area contributed by atoms with E-state index in [2.05, 4.69) is 6.58 Å². The topological polar surface area (TPSA) is 36.9 Å². The molecule has 5 heteroatoms. The minimum Gasteiger partial charge on any atom is -0.421 e. The molecular weight excluding hydrogens is 256 g/mol. The Morgan fingerprint density at radius 3 is 2.67 bits per heavy atom. The summed E-state index contributed by atoms with van der Waals surface area (Å²) in [6.45, 7) is 4.91. The van der Waals surface area contributed by atoms with Gasteiger partial charge in [-0.2, -0.15) is 0 Å². The Kier molecular flexibility index (Phi) is 3.03. The van der Waals surface area contributed by atoms with Crippen LogP contribution in [0.1, 0.15) is 17.5 Å². The van der Waals surface area contributed by atoms with Gasteiger partial charge in [-0.05, 0) is 23.3 Å². The van der Waals surface area contributed by atoms with Crippen LogP contribution in [0.5, 0.6) is 0 Å². The highest BCUT2D eigenvalue weighted by atomic mass is 35.5. The summed E-state index contributed by atoms with van der Waals surface area (Å²) in [7, 11) is 0. The van der Waals surface area contributed by atoms with Crippen LogP contribution in [0.15, 0.2) is 30.5 Å². The number of rotatable bonds is 0. The number of benzene rings is 1. The Morgan fingerprint density at radius 2 is 1.89 bits per heavy atom. The maximum absolute atomic E-state index is 5.96. The lowest BCUT2D eigenvalue weighted by atomic mass is 10.1. The third-order valence-corrected chi connectivity index (χ3v) is 3.14. The maximum atomic E-state index is 5.96. The van der Waals surface area contributed by atoms with E-state index in [1.165, 1.54) is 0 Å². The zero-order valence-electron chi connectivity index (χ0n) is 9.78. The summed E-state index contributed by atoms with van der Waals surface area (Å²) >= 11 is 5.96. The number of hydrogen-bond donors (Lipinski definition) is 0. The quantitative estimate of drug-likeness (QED) is 0.725. The number of fused-ring (bicyclic) bond motifs is 1. The third-order valence-electron chi connectivity index (χ3n) is 2.91. The largest absolute Gasteiger partial charge is 0.461 e. The van der Waals surface area contributed by atoms with Gasteiger partial charge in [0.05, 0.1) is 19.8 Å². The highest BCUT2D eigenvalue weighted by Gasteiger charge is 2.42. The first-order chi connectivity index (χ1) is 8.67. The molecule has 1 atom stereocenters. The van der Waals surface area contributed by atoms with E-state index in [1.807, 2.05) is 18.2 Å². The van der Waals surface area contributed by atoms with Gasteiger partial charge in [0.1, 0.15) is 5.76 Å². The van der Waals surface area contributed by atoms with Gasteiger partial charge in [0.15, 0.2) is 0 Å². The van der Waals surface area contributed by atoms with Crippen LogP contribution in [0.4, 0.5) is 0 Å². The molecule has 2 aliphatic rings. The predicted octanol–water partition coefficient (Wildman–Crippen LogP) is 2.95. The van der Waals surface area contributed by atoms with Gasteiger partial charge in [-0.3, -0.25) is 14.2 Å². The van der Waals surface area contributed by atoms with Crippen molar-refractivity contribution in [3.8, 4) is 0 Å². The molecule has 1 saturated heterocycles. The summed E-state index contributed by atoms with van der Waals surface area (Å²) in [6.07, 6.45) is -0.811. The van der Waals surface area contributed by atoms with Crippen molar-refractivity contribution in [3.05, 3.63) is 46.7 Å². The van der Waals surface area contributed by atoms with Gasteiger partial charge in [0, 0.05) is 11.4 Å². The van der Waals surface area contributed by atoms with Crippen molar-refractivity contribution >= 4 is 11.6 Å². The van der Waals surface area contributed by atoms with Crippen LogP contribution >= 0.6 is 11.6 Å². The van der Waals surface area contributed by atoms with Gasteiger partial charge in [0.2, 0.25) is 0 Å². The van der Waals surface area contributed by atoms with E-state index >= 15 is 0 Å². The molecule has 0 aromatic heterocycles. The lowest BCUT2D eigenvalue weighted by molar-refractivity contribution is -0.503. The Hall–Kier alpha value is -1.07. The van der Waals surface area contributed by atoms with Gasteiger partial charge in [-0.15, -0.1) is 0 Å². The molecule has 1 unspecified atom stereocenters. The van der Waals surface area contributed by atoms with Crippen LogP contribution in [0.3, 0.4) is 0 Å². The second-order valence-corrected chi connectivity index (χ2v) is 4.67. The summed E-state index contributed by atoms with van der Waals surface area (Å²) in [5, 5.41) is 0.670. The van der Waals surface area contributed by atoms with Crippen LogP contribution in [0, 0.1) is 0 Å². The van der Waals surface area contributed by atoms with E-state index in [1.54, 1.807) is 0 Å². The second-order valence-electron chi connectivity index (χ2n) is 4.23. The molecular formula is C13H13ClO4. The first-order valence-electron chi connectivity index (χ1n) is 5.73. The molecule has 1 spiro atoms. The molecule has 0 radical (unpaired) electrons. The van der Waals surface area contributed by atoms with E-state index in [-0.39, 0.29) is 0 Å². The highest BCUT2D eigenvalue weighted by Crippen LogP contribution is 2.33. The molecule has 3 rings (SSSR count). The first kappa shape index (κ1) is 12.0. The van der Waals surface area contributed by atoms with E-state index in [0.717, 1.165) is 11.1 Å². The lowest BCUT2D eigenvalue weighted by Gasteiger charge is -2.34. The second kappa shape index (κ2) is 4.55. The molecule has 2 heterocycles. The monoisotopic (exact) mass is 268 g/mol. The molecule has 0 aliphatic carbocycles. The molecule has 0 amide bonds. The minimum atomic E-state index is -1.46. The van der Waals surface area contributed by atoms with Crippen molar-refractivity contribution in [2.45, 2.75) is 25.8 Å².